The molecule has 0 aliphatic heterocycles. The SMILES string of the molecule is Fc1[c]c(Cl)c(Cl)c(F)c1. The molecule has 0 saturated carbocycles. The van der Waals surface area contributed by atoms with Crippen LogP contribution in [-0.2, 0) is 0 Å². The van der Waals surface area contributed by atoms with Gasteiger partial charge in [0.1, 0.15) is 11.6 Å². The number of benzene rings is 1. The van der Waals surface area contributed by atoms with Crippen LogP contribution in [0.4, 0.5) is 8.78 Å². The van der Waals surface area contributed by atoms with Crippen LogP contribution in [0.25, 0.3) is 0 Å². The van der Waals surface area contributed by atoms with Gasteiger partial charge in [-0.15, -0.1) is 0 Å². The first kappa shape index (κ1) is 7.76. The van der Waals surface area contributed by atoms with E-state index in [1.807, 2.05) is 6.07 Å². The fourth-order valence-electron chi connectivity index (χ4n) is 0.475. The zero-order valence-corrected chi connectivity index (χ0v) is 6.10. The van der Waals surface area contributed by atoms with E-state index in [4.69, 9.17) is 23.2 Å². The first-order valence-corrected chi connectivity index (χ1v) is 3.09. The molecule has 0 spiro atoms. The molecule has 1 aromatic carbocycles. The zero-order chi connectivity index (χ0) is 7.72. The van der Waals surface area contributed by atoms with Crippen molar-refractivity contribution < 1.29 is 8.78 Å². The van der Waals surface area contributed by atoms with Gasteiger partial charge in [0, 0.05) is 12.1 Å². The van der Waals surface area contributed by atoms with Crippen molar-refractivity contribution in [2.24, 2.45) is 0 Å². The Kier molecular flexibility index (Phi) is 2.11. The van der Waals surface area contributed by atoms with Gasteiger partial charge in [-0.3, -0.25) is 0 Å². The fourth-order valence-corrected chi connectivity index (χ4v) is 0.758. The third-order valence-electron chi connectivity index (χ3n) is 0.885. The van der Waals surface area contributed by atoms with E-state index in [0.29, 0.717) is 6.07 Å². The van der Waals surface area contributed by atoms with E-state index in [-0.39, 0.29) is 10.0 Å². The van der Waals surface area contributed by atoms with Crippen molar-refractivity contribution in [2.45, 2.75) is 0 Å². The Morgan fingerprint density at radius 1 is 1.30 bits per heavy atom. The Hall–Kier alpha value is -0.340. The van der Waals surface area contributed by atoms with Gasteiger partial charge in [-0.25, -0.2) is 8.78 Å². The van der Waals surface area contributed by atoms with Crippen LogP contribution in [-0.4, -0.2) is 0 Å². The van der Waals surface area contributed by atoms with E-state index >= 15 is 0 Å². The van der Waals surface area contributed by atoms with Crippen LogP contribution in [0.1, 0.15) is 0 Å². The highest BCUT2D eigenvalue weighted by Crippen LogP contribution is 2.24. The molecule has 0 saturated heterocycles. The first-order chi connectivity index (χ1) is 4.61. The lowest BCUT2D eigenvalue weighted by molar-refractivity contribution is 0.582. The third-order valence-corrected chi connectivity index (χ3v) is 1.63. The molecule has 53 valence electrons. The number of hydrogen-bond donors (Lipinski definition) is 0. The van der Waals surface area contributed by atoms with Gasteiger partial charge >= 0.3 is 0 Å². The second kappa shape index (κ2) is 2.72. The Morgan fingerprint density at radius 2 is 1.90 bits per heavy atom. The Balaban J connectivity index is 3.31. The smallest absolute Gasteiger partial charge is 0.146 e. The lowest BCUT2D eigenvalue weighted by Gasteiger charge is -1.94. The summed E-state index contributed by atoms with van der Waals surface area (Å²) in [4.78, 5) is 0. The van der Waals surface area contributed by atoms with Crippen molar-refractivity contribution in [3.05, 3.63) is 33.8 Å². The Morgan fingerprint density at radius 3 is 2.40 bits per heavy atom. The maximum atomic E-state index is 12.4. The van der Waals surface area contributed by atoms with Gasteiger partial charge in [0.25, 0.3) is 0 Å². The normalized spacial score (nSPS) is 10.0. The van der Waals surface area contributed by atoms with E-state index in [1.165, 1.54) is 0 Å². The molecule has 0 aliphatic rings. The van der Waals surface area contributed by atoms with E-state index in [2.05, 4.69) is 0 Å². The van der Waals surface area contributed by atoms with Gasteiger partial charge in [0.05, 0.1) is 10.0 Å². The third kappa shape index (κ3) is 1.39. The minimum absolute atomic E-state index is 0.237. The summed E-state index contributed by atoms with van der Waals surface area (Å²) in [5.41, 5.74) is 0. The topological polar surface area (TPSA) is 0 Å². The summed E-state index contributed by atoms with van der Waals surface area (Å²) in [6.45, 7) is 0. The molecule has 0 unspecified atom stereocenters. The summed E-state index contributed by atoms with van der Waals surface area (Å²) in [6.07, 6.45) is 0. The number of hydrogen-bond acceptors (Lipinski definition) is 0. The van der Waals surface area contributed by atoms with Crippen molar-refractivity contribution in [2.75, 3.05) is 0 Å². The molecule has 1 radical (unpaired) electrons. The highest BCUT2D eigenvalue weighted by Gasteiger charge is 2.06. The van der Waals surface area contributed by atoms with Gasteiger partial charge in [-0.1, -0.05) is 23.2 Å². The minimum Gasteiger partial charge on any atom is -0.206 e. The molecule has 1 aromatic rings. The molecule has 0 N–H and O–H groups in total. The van der Waals surface area contributed by atoms with Crippen LogP contribution >= 0.6 is 23.2 Å². The maximum absolute atomic E-state index is 12.4. The first-order valence-electron chi connectivity index (χ1n) is 2.33. The molecular formula is C6HCl2F2. The van der Waals surface area contributed by atoms with Crippen LogP contribution in [0.2, 0.25) is 10.0 Å². The summed E-state index contributed by atoms with van der Waals surface area (Å²) in [5, 5.41) is -0.540. The Bertz CT molecular complexity index is 237. The summed E-state index contributed by atoms with van der Waals surface area (Å²) < 4.78 is 24.5. The van der Waals surface area contributed by atoms with Gasteiger partial charge in [0.2, 0.25) is 0 Å². The largest absolute Gasteiger partial charge is 0.206 e. The summed E-state index contributed by atoms with van der Waals surface area (Å²) >= 11 is 10.5. The van der Waals surface area contributed by atoms with Gasteiger partial charge in [0.15, 0.2) is 0 Å². The van der Waals surface area contributed by atoms with Crippen molar-refractivity contribution in [1.82, 2.24) is 0 Å². The standard InChI is InChI=1S/C6HCl2F2/c7-4-1-3(9)2-5(10)6(4)8/h2H. The van der Waals surface area contributed by atoms with Crippen molar-refractivity contribution in [3.8, 4) is 0 Å². The Labute approximate surface area is 66.4 Å². The van der Waals surface area contributed by atoms with Gasteiger partial charge in [-0.2, -0.15) is 0 Å². The van der Waals surface area contributed by atoms with Crippen LogP contribution in [0.15, 0.2) is 6.07 Å². The predicted molar refractivity (Wildman–Crippen MR) is 35.2 cm³/mol. The average Bonchev–Trinajstić information content (AvgIpc) is 1.82. The van der Waals surface area contributed by atoms with Crippen LogP contribution < -0.4 is 0 Å². The summed E-state index contributed by atoms with van der Waals surface area (Å²) in [7, 11) is 0. The molecule has 0 heterocycles. The number of rotatable bonds is 0. The van der Waals surface area contributed by atoms with Crippen molar-refractivity contribution in [1.29, 1.82) is 0 Å². The van der Waals surface area contributed by atoms with Crippen molar-refractivity contribution >= 4 is 23.2 Å². The molecule has 0 aromatic heterocycles. The molecular weight excluding hydrogens is 181 g/mol. The molecule has 4 heteroatoms. The second-order valence-corrected chi connectivity index (χ2v) is 2.35. The lowest BCUT2D eigenvalue weighted by Crippen LogP contribution is -1.81. The number of halogens is 4. The fraction of sp³-hybridized carbons (Fsp3) is 0. The van der Waals surface area contributed by atoms with E-state index < -0.39 is 11.6 Å². The molecule has 0 bridgehead atoms. The molecule has 0 aliphatic carbocycles. The van der Waals surface area contributed by atoms with Crippen molar-refractivity contribution in [3.63, 3.8) is 0 Å². The highest BCUT2D eigenvalue weighted by atomic mass is 35.5. The van der Waals surface area contributed by atoms with Crippen LogP contribution in [0.5, 0.6) is 0 Å². The molecule has 0 atom stereocenters. The predicted octanol–water partition coefficient (Wildman–Crippen LogP) is 3.07. The van der Waals surface area contributed by atoms with Gasteiger partial charge < -0.3 is 0 Å². The van der Waals surface area contributed by atoms with E-state index in [0.717, 1.165) is 0 Å². The van der Waals surface area contributed by atoms with Crippen LogP contribution in [0, 0.1) is 17.7 Å². The minimum atomic E-state index is -0.872. The second-order valence-electron chi connectivity index (χ2n) is 1.59. The molecule has 0 fully saturated rings. The molecule has 0 nitrogen and oxygen atoms in total. The lowest BCUT2D eigenvalue weighted by atomic mass is 10.3. The molecule has 1 rings (SSSR count). The summed E-state index contributed by atoms with van der Waals surface area (Å²) in [6, 6.07) is 2.63. The van der Waals surface area contributed by atoms with E-state index in [1.54, 1.807) is 0 Å². The van der Waals surface area contributed by atoms with E-state index in [9.17, 15) is 8.78 Å². The molecule has 10 heavy (non-hydrogen) atoms. The monoisotopic (exact) mass is 181 g/mol. The average molecular weight is 182 g/mol. The summed E-state index contributed by atoms with van der Waals surface area (Å²) in [5.74, 6) is -1.73. The molecule has 0 amide bonds. The van der Waals surface area contributed by atoms with Gasteiger partial charge in [-0.05, 0) is 0 Å². The highest BCUT2D eigenvalue weighted by molar-refractivity contribution is 6.41. The van der Waals surface area contributed by atoms with Crippen LogP contribution in [0.3, 0.4) is 0 Å². The maximum Gasteiger partial charge on any atom is 0.146 e. The quantitative estimate of drug-likeness (QED) is 0.427. The zero-order valence-electron chi connectivity index (χ0n) is 4.59.